The van der Waals surface area contributed by atoms with E-state index in [1.54, 1.807) is 6.07 Å². The van der Waals surface area contributed by atoms with Crippen molar-refractivity contribution >= 4 is 23.0 Å². The van der Waals surface area contributed by atoms with Gasteiger partial charge in [0.25, 0.3) is 0 Å². The lowest BCUT2D eigenvalue weighted by molar-refractivity contribution is 0.400. The Morgan fingerprint density at radius 2 is 1.86 bits per heavy atom. The molecule has 0 atom stereocenters. The summed E-state index contributed by atoms with van der Waals surface area (Å²) in [6, 6.07) is 15.4. The quantitative estimate of drug-likeness (QED) is 0.837. The summed E-state index contributed by atoms with van der Waals surface area (Å²) in [7, 11) is 0. The summed E-state index contributed by atoms with van der Waals surface area (Å²) in [5.41, 5.74) is 2.83. The van der Waals surface area contributed by atoms with Crippen molar-refractivity contribution in [2.75, 3.05) is 5.32 Å². The molecule has 1 N–H and O–H groups in total. The highest BCUT2D eigenvalue weighted by molar-refractivity contribution is 7.80. The molecule has 0 amide bonds. The molecule has 0 unspecified atom stereocenters. The van der Waals surface area contributed by atoms with E-state index in [0.29, 0.717) is 23.3 Å². The van der Waals surface area contributed by atoms with Gasteiger partial charge in [0.15, 0.2) is 5.11 Å². The molecule has 114 valence electrons. The minimum absolute atomic E-state index is 0.174. The second kappa shape index (κ2) is 6.44. The van der Waals surface area contributed by atoms with Gasteiger partial charge in [-0.3, -0.25) is 0 Å². The van der Waals surface area contributed by atoms with Crippen molar-refractivity contribution in [3.63, 3.8) is 0 Å². The van der Waals surface area contributed by atoms with Gasteiger partial charge in [-0.15, -0.1) is 0 Å². The van der Waals surface area contributed by atoms with Crippen LogP contribution in [-0.2, 0) is 6.54 Å². The van der Waals surface area contributed by atoms with Gasteiger partial charge >= 0.3 is 0 Å². The fraction of sp³-hybridized carbons (Fsp3) is 0.278. The molecule has 1 aliphatic carbocycles. The van der Waals surface area contributed by atoms with E-state index in [0.717, 1.165) is 24.1 Å². The fourth-order valence-electron chi connectivity index (χ4n) is 2.46. The third kappa shape index (κ3) is 3.45. The van der Waals surface area contributed by atoms with E-state index >= 15 is 0 Å². The van der Waals surface area contributed by atoms with Crippen molar-refractivity contribution in [2.24, 2.45) is 0 Å². The molecule has 0 spiro atoms. The molecule has 0 radical (unpaired) electrons. The highest BCUT2D eigenvalue weighted by atomic mass is 32.1. The molecule has 3 rings (SSSR count). The van der Waals surface area contributed by atoms with Crippen molar-refractivity contribution < 1.29 is 4.39 Å². The molecular formula is C18H19FN2S. The van der Waals surface area contributed by atoms with Crippen LogP contribution < -0.4 is 5.32 Å². The van der Waals surface area contributed by atoms with Crippen molar-refractivity contribution in [3.8, 4) is 0 Å². The monoisotopic (exact) mass is 314 g/mol. The predicted octanol–water partition coefficient (Wildman–Crippen LogP) is 4.50. The molecule has 0 heterocycles. The van der Waals surface area contributed by atoms with Crippen LogP contribution in [-0.4, -0.2) is 16.1 Å². The normalized spacial score (nSPS) is 13.7. The maximum Gasteiger partial charge on any atom is 0.173 e. The van der Waals surface area contributed by atoms with Crippen LogP contribution in [0.15, 0.2) is 48.5 Å². The Morgan fingerprint density at radius 3 is 2.55 bits per heavy atom. The molecule has 1 saturated carbocycles. The molecule has 0 aliphatic heterocycles. The molecule has 22 heavy (non-hydrogen) atoms. The number of hydrogen-bond acceptors (Lipinski definition) is 1. The van der Waals surface area contributed by atoms with Crippen LogP contribution in [0.4, 0.5) is 10.1 Å². The number of halogens is 1. The van der Waals surface area contributed by atoms with E-state index in [1.807, 2.05) is 43.3 Å². The van der Waals surface area contributed by atoms with Crippen molar-refractivity contribution in [1.29, 1.82) is 0 Å². The van der Waals surface area contributed by atoms with Gasteiger partial charge in [-0.25, -0.2) is 4.39 Å². The maximum absolute atomic E-state index is 13.9. The van der Waals surface area contributed by atoms with Crippen LogP contribution in [0.3, 0.4) is 0 Å². The Hall–Kier alpha value is -1.94. The molecule has 2 nitrogen and oxygen atoms in total. The molecule has 0 aromatic heterocycles. The first-order chi connectivity index (χ1) is 10.6. The Labute approximate surface area is 136 Å². The van der Waals surface area contributed by atoms with E-state index in [1.165, 1.54) is 6.07 Å². The van der Waals surface area contributed by atoms with E-state index < -0.39 is 0 Å². The maximum atomic E-state index is 13.9. The fourth-order valence-corrected chi connectivity index (χ4v) is 2.79. The third-order valence-electron chi connectivity index (χ3n) is 3.93. The van der Waals surface area contributed by atoms with Gasteiger partial charge in [0.05, 0.1) is 0 Å². The van der Waals surface area contributed by atoms with E-state index in [9.17, 15) is 4.39 Å². The molecule has 4 heteroatoms. The van der Waals surface area contributed by atoms with Gasteiger partial charge in [-0.2, -0.15) is 0 Å². The van der Waals surface area contributed by atoms with E-state index in [2.05, 4.69) is 10.2 Å². The standard InChI is InChI=1S/C18H19FN2S/c1-13-6-2-5-9-17(13)20-18(22)21(15-10-11-15)12-14-7-3-4-8-16(14)19/h2-9,15H,10-12H2,1H3,(H,20,22). The first kappa shape index (κ1) is 15.0. The molecule has 0 saturated heterocycles. The lowest BCUT2D eigenvalue weighted by atomic mass is 10.2. The highest BCUT2D eigenvalue weighted by Gasteiger charge is 2.31. The summed E-state index contributed by atoms with van der Waals surface area (Å²) >= 11 is 5.57. The SMILES string of the molecule is Cc1ccccc1NC(=S)N(Cc1ccccc1F)C1CC1. The number of rotatable bonds is 4. The van der Waals surface area contributed by atoms with Crippen molar-refractivity contribution in [2.45, 2.75) is 32.4 Å². The number of benzene rings is 2. The van der Waals surface area contributed by atoms with Crippen LogP contribution in [0.2, 0.25) is 0 Å². The highest BCUT2D eigenvalue weighted by Crippen LogP contribution is 2.30. The average Bonchev–Trinajstić information content (AvgIpc) is 3.33. The van der Waals surface area contributed by atoms with Gasteiger partial charge in [-0.1, -0.05) is 36.4 Å². The molecule has 1 fully saturated rings. The van der Waals surface area contributed by atoms with E-state index in [-0.39, 0.29) is 5.82 Å². The summed E-state index contributed by atoms with van der Waals surface area (Å²) < 4.78 is 13.9. The number of para-hydroxylation sites is 1. The largest absolute Gasteiger partial charge is 0.342 e. The second-order valence-corrected chi connectivity index (χ2v) is 6.08. The smallest absolute Gasteiger partial charge is 0.173 e. The Balaban J connectivity index is 1.75. The van der Waals surface area contributed by atoms with Crippen LogP contribution in [0.5, 0.6) is 0 Å². The summed E-state index contributed by atoms with van der Waals surface area (Å²) in [4.78, 5) is 2.10. The topological polar surface area (TPSA) is 15.3 Å². The Kier molecular flexibility index (Phi) is 4.39. The molecular weight excluding hydrogens is 295 g/mol. The number of hydrogen-bond donors (Lipinski definition) is 1. The minimum atomic E-state index is -0.174. The molecule has 2 aromatic carbocycles. The van der Waals surface area contributed by atoms with Gasteiger partial charge in [0.2, 0.25) is 0 Å². The number of nitrogens with one attached hydrogen (secondary N) is 1. The zero-order valence-corrected chi connectivity index (χ0v) is 13.4. The van der Waals surface area contributed by atoms with Gasteiger partial charge in [0, 0.05) is 23.8 Å². The minimum Gasteiger partial charge on any atom is -0.342 e. The lowest BCUT2D eigenvalue weighted by Crippen LogP contribution is -2.36. The van der Waals surface area contributed by atoms with Crippen LogP contribution >= 0.6 is 12.2 Å². The second-order valence-electron chi connectivity index (χ2n) is 5.70. The Bertz CT molecular complexity index is 682. The summed E-state index contributed by atoms with van der Waals surface area (Å²) in [5, 5.41) is 3.97. The summed E-state index contributed by atoms with van der Waals surface area (Å²) in [6.07, 6.45) is 2.23. The number of thiocarbonyl (C=S) groups is 1. The number of aryl methyl sites for hydroxylation is 1. The first-order valence-electron chi connectivity index (χ1n) is 7.52. The Morgan fingerprint density at radius 1 is 1.18 bits per heavy atom. The summed E-state index contributed by atoms with van der Waals surface area (Å²) in [6.45, 7) is 2.55. The molecule has 2 aromatic rings. The summed E-state index contributed by atoms with van der Waals surface area (Å²) in [5.74, 6) is -0.174. The van der Waals surface area contributed by atoms with Gasteiger partial charge < -0.3 is 10.2 Å². The van der Waals surface area contributed by atoms with E-state index in [4.69, 9.17) is 12.2 Å². The van der Waals surface area contributed by atoms with Crippen molar-refractivity contribution in [3.05, 3.63) is 65.5 Å². The lowest BCUT2D eigenvalue weighted by Gasteiger charge is -2.26. The zero-order chi connectivity index (χ0) is 15.5. The predicted molar refractivity (Wildman–Crippen MR) is 92.4 cm³/mol. The average molecular weight is 314 g/mol. The number of anilines is 1. The first-order valence-corrected chi connectivity index (χ1v) is 7.92. The van der Waals surface area contributed by atoms with Gasteiger partial charge in [-0.05, 0) is 49.7 Å². The van der Waals surface area contributed by atoms with Gasteiger partial charge in [0.1, 0.15) is 5.82 Å². The third-order valence-corrected chi connectivity index (χ3v) is 4.27. The van der Waals surface area contributed by atoms with Crippen LogP contribution in [0, 0.1) is 12.7 Å². The van der Waals surface area contributed by atoms with Crippen molar-refractivity contribution in [1.82, 2.24) is 4.90 Å². The molecule has 1 aliphatic rings. The molecule has 0 bridgehead atoms. The zero-order valence-electron chi connectivity index (χ0n) is 12.6. The van der Waals surface area contributed by atoms with Crippen LogP contribution in [0.1, 0.15) is 24.0 Å². The number of nitrogens with zero attached hydrogens (tertiary/aromatic N) is 1. The van der Waals surface area contributed by atoms with Crippen LogP contribution in [0.25, 0.3) is 0 Å².